The SMILES string of the molecule is CCC1CCCC(NC(C)C(CO)SC)C1. The number of aliphatic hydroxyl groups is 1. The molecule has 1 aliphatic rings. The number of hydrogen-bond donors (Lipinski definition) is 2. The maximum absolute atomic E-state index is 9.26. The van der Waals surface area contributed by atoms with Gasteiger partial charge in [-0.25, -0.2) is 0 Å². The van der Waals surface area contributed by atoms with Crippen LogP contribution in [-0.4, -0.2) is 35.3 Å². The first-order valence-electron chi connectivity index (χ1n) is 6.60. The summed E-state index contributed by atoms with van der Waals surface area (Å²) in [5.41, 5.74) is 0. The molecule has 1 aliphatic carbocycles. The summed E-state index contributed by atoms with van der Waals surface area (Å²) in [5.74, 6) is 0.917. The average Bonchev–Trinajstić information content (AvgIpc) is 2.31. The van der Waals surface area contributed by atoms with Crippen LogP contribution in [0, 0.1) is 5.92 Å². The Morgan fingerprint density at radius 3 is 2.75 bits per heavy atom. The van der Waals surface area contributed by atoms with E-state index in [1.165, 1.54) is 32.1 Å². The van der Waals surface area contributed by atoms with Crippen LogP contribution in [0.4, 0.5) is 0 Å². The zero-order chi connectivity index (χ0) is 12.0. The Morgan fingerprint density at radius 1 is 1.44 bits per heavy atom. The maximum atomic E-state index is 9.26. The predicted molar refractivity (Wildman–Crippen MR) is 73.0 cm³/mol. The molecule has 0 spiro atoms. The largest absolute Gasteiger partial charge is 0.395 e. The summed E-state index contributed by atoms with van der Waals surface area (Å²) in [4.78, 5) is 0. The average molecular weight is 245 g/mol. The molecule has 4 unspecified atom stereocenters. The van der Waals surface area contributed by atoms with Crippen molar-refractivity contribution in [3.63, 3.8) is 0 Å². The summed E-state index contributed by atoms with van der Waals surface area (Å²) in [6, 6.07) is 1.09. The van der Waals surface area contributed by atoms with E-state index in [9.17, 15) is 5.11 Å². The Balaban J connectivity index is 2.34. The minimum absolute atomic E-state index is 0.277. The van der Waals surface area contributed by atoms with Gasteiger partial charge in [-0.3, -0.25) is 0 Å². The standard InChI is InChI=1S/C13H27NOS/c1-4-11-6-5-7-12(8-11)14-10(2)13(9-15)16-3/h10-15H,4-9H2,1-3H3. The Hall–Kier alpha value is 0.270. The van der Waals surface area contributed by atoms with E-state index in [0.29, 0.717) is 17.3 Å². The molecular formula is C13H27NOS. The lowest BCUT2D eigenvalue weighted by atomic mass is 9.84. The number of rotatable bonds is 6. The van der Waals surface area contributed by atoms with Crippen LogP contribution >= 0.6 is 11.8 Å². The Labute approximate surface area is 105 Å². The van der Waals surface area contributed by atoms with Gasteiger partial charge in [0.2, 0.25) is 0 Å². The van der Waals surface area contributed by atoms with Gasteiger partial charge in [0.05, 0.1) is 6.61 Å². The van der Waals surface area contributed by atoms with Crippen molar-refractivity contribution in [2.24, 2.45) is 5.92 Å². The summed E-state index contributed by atoms with van der Waals surface area (Å²) in [6.45, 7) is 4.78. The molecule has 2 N–H and O–H groups in total. The van der Waals surface area contributed by atoms with Gasteiger partial charge in [0.1, 0.15) is 0 Å². The molecule has 1 rings (SSSR count). The number of aliphatic hydroxyl groups excluding tert-OH is 1. The van der Waals surface area contributed by atoms with Gasteiger partial charge in [-0.1, -0.05) is 26.2 Å². The molecule has 0 heterocycles. The van der Waals surface area contributed by atoms with Gasteiger partial charge in [-0.05, 0) is 31.9 Å². The van der Waals surface area contributed by atoms with E-state index >= 15 is 0 Å². The van der Waals surface area contributed by atoms with E-state index in [0.717, 1.165) is 5.92 Å². The van der Waals surface area contributed by atoms with Gasteiger partial charge >= 0.3 is 0 Å². The summed E-state index contributed by atoms with van der Waals surface area (Å²) < 4.78 is 0. The van der Waals surface area contributed by atoms with E-state index < -0.39 is 0 Å². The maximum Gasteiger partial charge on any atom is 0.0564 e. The van der Waals surface area contributed by atoms with Crippen molar-refractivity contribution >= 4 is 11.8 Å². The fraction of sp³-hybridized carbons (Fsp3) is 1.00. The number of thioether (sulfide) groups is 1. The molecule has 0 aromatic rings. The first kappa shape index (κ1) is 14.3. The smallest absolute Gasteiger partial charge is 0.0564 e. The van der Waals surface area contributed by atoms with Gasteiger partial charge in [-0.15, -0.1) is 0 Å². The molecule has 0 aliphatic heterocycles. The second-order valence-electron chi connectivity index (χ2n) is 5.05. The molecule has 1 fully saturated rings. The van der Waals surface area contributed by atoms with Crippen molar-refractivity contribution in [1.29, 1.82) is 0 Å². The van der Waals surface area contributed by atoms with E-state index in [1.54, 1.807) is 11.8 Å². The third-order valence-electron chi connectivity index (χ3n) is 3.90. The van der Waals surface area contributed by atoms with Crippen molar-refractivity contribution in [3.8, 4) is 0 Å². The van der Waals surface area contributed by atoms with Crippen LogP contribution in [0.25, 0.3) is 0 Å². The van der Waals surface area contributed by atoms with Crippen molar-refractivity contribution in [3.05, 3.63) is 0 Å². The quantitative estimate of drug-likeness (QED) is 0.754. The fourth-order valence-electron chi connectivity index (χ4n) is 2.73. The molecule has 0 bridgehead atoms. The van der Waals surface area contributed by atoms with Crippen molar-refractivity contribution in [1.82, 2.24) is 5.32 Å². The molecule has 1 saturated carbocycles. The summed E-state index contributed by atoms with van der Waals surface area (Å²) in [7, 11) is 0. The number of nitrogens with one attached hydrogen (secondary N) is 1. The van der Waals surface area contributed by atoms with Crippen LogP contribution in [0.2, 0.25) is 0 Å². The Morgan fingerprint density at radius 2 is 2.19 bits per heavy atom. The highest BCUT2D eigenvalue weighted by molar-refractivity contribution is 7.99. The third kappa shape index (κ3) is 4.27. The monoisotopic (exact) mass is 245 g/mol. The molecule has 96 valence electrons. The minimum Gasteiger partial charge on any atom is -0.395 e. The summed E-state index contributed by atoms with van der Waals surface area (Å²) in [5, 5.41) is 13.3. The molecule has 0 saturated heterocycles. The van der Waals surface area contributed by atoms with Gasteiger partial charge in [0.15, 0.2) is 0 Å². The Bertz CT molecular complexity index is 185. The lowest BCUT2D eigenvalue weighted by Crippen LogP contribution is -2.45. The molecule has 2 nitrogen and oxygen atoms in total. The van der Waals surface area contributed by atoms with Gasteiger partial charge in [0.25, 0.3) is 0 Å². The lowest BCUT2D eigenvalue weighted by molar-refractivity contribution is 0.238. The van der Waals surface area contributed by atoms with E-state index in [-0.39, 0.29) is 6.61 Å². The zero-order valence-electron chi connectivity index (χ0n) is 10.9. The summed E-state index contributed by atoms with van der Waals surface area (Å²) in [6.07, 6.45) is 8.81. The topological polar surface area (TPSA) is 32.3 Å². The predicted octanol–water partition coefficient (Wildman–Crippen LogP) is 2.66. The zero-order valence-corrected chi connectivity index (χ0v) is 11.7. The first-order valence-corrected chi connectivity index (χ1v) is 7.89. The van der Waals surface area contributed by atoms with Crippen LogP contribution < -0.4 is 5.32 Å². The highest BCUT2D eigenvalue weighted by atomic mass is 32.2. The summed E-state index contributed by atoms with van der Waals surface area (Å²) >= 11 is 1.76. The van der Waals surface area contributed by atoms with Crippen molar-refractivity contribution < 1.29 is 5.11 Å². The van der Waals surface area contributed by atoms with Crippen molar-refractivity contribution in [2.75, 3.05) is 12.9 Å². The lowest BCUT2D eigenvalue weighted by Gasteiger charge is -2.33. The highest BCUT2D eigenvalue weighted by Crippen LogP contribution is 2.27. The number of hydrogen-bond acceptors (Lipinski definition) is 3. The fourth-order valence-corrected chi connectivity index (χ4v) is 3.36. The first-order chi connectivity index (χ1) is 7.71. The molecule has 16 heavy (non-hydrogen) atoms. The molecule has 0 amide bonds. The van der Waals surface area contributed by atoms with Crippen LogP contribution in [-0.2, 0) is 0 Å². The van der Waals surface area contributed by atoms with E-state index in [2.05, 4.69) is 25.4 Å². The normalized spacial score (nSPS) is 30.0. The molecule has 0 aromatic heterocycles. The van der Waals surface area contributed by atoms with Crippen LogP contribution in [0.15, 0.2) is 0 Å². The second-order valence-corrected chi connectivity index (χ2v) is 6.13. The van der Waals surface area contributed by atoms with Gasteiger partial charge < -0.3 is 10.4 Å². The highest BCUT2D eigenvalue weighted by Gasteiger charge is 2.24. The molecule has 3 heteroatoms. The molecule has 0 aromatic carbocycles. The van der Waals surface area contributed by atoms with Crippen LogP contribution in [0.5, 0.6) is 0 Å². The van der Waals surface area contributed by atoms with E-state index in [4.69, 9.17) is 0 Å². The molecule has 4 atom stereocenters. The molecular weight excluding hydrogens is 218 g/mol. The van der Waals surface area contributed by atoms with Crippen LogP contribution in [0.1, 0.15) is 46.0 Å². The second kappa shape index (κ2) is 7.57. The third-order valence-corrected chi connectivity index (χ3v) is 5.06. The van der Waals surface area contributed by atoms with Gasteiger partial charge in [-0.2, -0.15) is 11.8 Å². The van der Waals surface area contributed by atoms with Crippen molar-refractivity contribution in [2.45, 2.75) is 63.3 Å². The minimum atomic E-state index is 0.277. The van der Waals surface area contributed by atoms with Gasteiger partial charge in [0, 0.05) is 17.3 Å². The molecule has 0 radical (unpaired) electrons. The van der Waals surface area contributed by atoms with Crippen LogP contribution in [0.3, 0.4) is 0 Å². The Kier molecular flexibility index (Phi) is 6.78. The van der Waals surface area contributed by atoms with E-state index in [1.807, 2.05) is 0 Å².